The molecule has 2 N–H and O–H groups in total. The Labute approximate surface area is 111 Å². The Morgan fingerprint density at radius 3 is 2.68 bits per heavy atom. The Morgan fingerprint density at radius 1 is 1.32 bits per heavy atom. The first kappa shape index (κ1) is 13.3. The molecule has 0 spiro atoms. The lowest BCUT2D eigenvalue weighted by Crippen LogP contribution is -2.17. The first-order valence-corrected chi connectivity index (χ1v) is 6.48. The summed E-state index contributed by atoms with van der Waals surface area (Å²) in [6.07, 6.45) is 0.804. The molecule has 0 aliphatic rings. The summed E-state index contributed by atoms with van der Waals surface area (Å²) in [4.78, 5) is 26.0. The van der Waals surface area contributed by atoms with E-state index in [1.54, 1.807) is 12.1 Å². The minimum absolute atomic E-state index is 0.0339. The molecule has 0 aliphatic heterocycles. The average molecular weight is 258 g/mol. The predicted octanol–water partition coefficient (Wildman–Crippen LogP) is 2.69. The van der Waals surface area contributed by atoms with Crippen LogP contribution in [-0.4, -0.2) is 10.9 Å². The van der Waals surface area contributed by atoms with Gasteiger partial charge in [0, 0.05) is 23.1 Å². The fraction of sp³-hybridized carbons (Fsp3) is 0.333. The number of nitrogens with one attached hydrogen (secondary N) is 2. The van der Waals surface area contributed by atoms with Gasteiger partial charge in [0.15, 0.2) is 0 Å². The van der Waals surface area contributed by atoms with Crippen molar-refractivity contribution in [3.8, 4) is 0 Å². The summed E-state index contributed by atoms with van der Waals surface area (Å²) in [5.41, 5.74) is 2.36. The second-order valence-electron chi connectivity index (χ2n) is 4.92. The van der Waals surface area contributed by atoms with Crippen molar-refractivity contribution in [1.82, 2.24) is 4.98 Å². The van der Waals surface area contributed by atoms with Crippen LogP contribution in [-0.2, 0) is 11.2 Å². The quantitative estimate of drug-likeness (QED) is 0.889. The van der Waals surface area contributed by atoms with Crippen LogP contribution >= 0.6 is 0 Å². The van der Waals surface area contributed by atoms with Crippen molar-refractivity contribution in [2.75, 3.05) is 5.32 Å². The molecule has 1 amide bonds. The van der Waals surface area contributed by atoms with Gasteiger partial charge in [-0.2, -0.15) is 0 Å². The van der Waals surface area contributed by atoms with E-state index in [2.05, 4.69) is 10.3 Å². The highest BCUT2D eigenvalue weighted by atomic mass is 16.1. The summed E-state index contributed by atoms with van der Waals surface area (Å²) in [6, 6.07) is 7.21. The molecule has 4 heteroatoms. The first-order chi connectivity index (χ1) is 9.01. The zero-order valence-corrected chi connectivity index (χ0v) is 11.4. The number of anilines is 1. The van der Waals surface area contributed by atoms with E-state index in [-0.39, 0.29) is 17.4 Å². The Balaban J connectivity index is 2.46. The van der Waals surface area contributed by atoms with E-state index in [1.165, 1.54) is 0 Å². The van der Waals surface area contributed by atoms with E-state index in [0.29, 0.717) is 5.69 Å². The molecule has 1 aromatic heterocycles. The van der Waals surface area contributed by atoms with Gasteiger partial charge in [-0.1, -0.05) is 26.8 Å². The third kappa shape index (κ3) is 2.84. The zero-order valence-electron chi connectivity index (χ0n) is 11.4. The number of hydrogen-bond donors (Lipinski definition) is 2. The molecule has 0 atom stereocenters. The summed E-state index contributed by atoms with van der Waals surface area (Å²) in [5.74, 6) is -0.106. The van der Waals surface area contributed by atoms with Crippen molar-refractivity contribution >= 4 is 22.5 Å². The molecule has 2 aromatic rings. The zero-order chi connectivity index (χ0) is 14.0. The van der Waals surface area contributed by atoms with Crippen molar-refractivity contribution < 1.29 is 4.79 Å². The summed E-state index contributed by atoms with van der Waals surface area (Å²) >= 11 is 0. The molecule has 0 saturated carbocycles. The number of H-pyrrole nitrogens is 1. The number of aryl methyl sites for hydroxylation is 1. The molecule has 1 heterocycles. The van der Waals surface area contributed by atoms with Gasteiger partial charge >= 0.3 is 0 Å². The van der Waals surface area contributed by atoms with E-state index >= 15 is 0 Å². The summed E-state index contributed by atoms with van der Waals surface area (Å²) < 4.78 is 0. The fourth-order valence-electron chi connectivity index (χ4n) is 1.99. The second kappa shape index (κ2) is 5.26. The molecule has 0 bridgehead atoms. The van der Waals surface area contributed by atoms with Gasteiger partial charge < -0.3 is 10.3 Å². The lowest BCUT2D eigenvalue weighted by Gasteiger charge is -2.10. The number of amides is 1. The lowest BCUT2D eigenvalue weighted by molar-refractivity contribution is -0.118. The van der Waals surface area contributed by atoms with Crippen LogP contribution < -0.4 is 10.9 Å². The van der Waals surface area contributed by atoms with Crippen LogP contribution in [0.3, 0.4) is 0 Å². The van der Waals surface area contributed by atoms with Gasteiger partial charge in [0.05, 0.1) is 5.52 Å². The van der Waals surface area contributed by atoms with Gasteiger partial charge in [-0.25, -0.2) is 0 Å². The van der Waals surface area contributed by atoms with E-state index in [1.807, 2.05) is 32.9 Å². The second-order valence-corrected chi connectivity index (χ2v) is 4.92. The number of pyridine rings is 1. The molecule has 2 rings (SSSR count). The van der Waals surface area contributed by atoms with Gasteiger partial charge in [-0.15, -0.1) is 0 Å². The monoisotopic (exact) mass is 258 g/mol. The molecule has 0 fully saturated rings. The van der Waals surface area contributed by atoms with E-state index in [9.17, 15) is 9.59 Å². The van der Waals surface area contributed by atoms with E-state index in [0.717, 1.165) is 22.9 Å². The van der Waals surface area contributed by atoms with Gasteiger partial charge in [0.25, 0.3) is 0 Å². The number of carbonyl (C=O) groups is 1. The smallest absolute Gasteiger partial charge is 0.248 e. The summed E-state index contributed by atoms with van der Waals surface area (Å²) in [5, 5.41) is 3.85. The van der Waals surface area contributed by atoms with Crippen LogP contribution in [0.4, 0.5) is 5.69 Å². The Bertz CT molecular complexity index is 671. The van der Waals surface area contributed by atoms with Crippen LogP contribution in [0.1, 0.15) is 26.3 Å². The van der Waals surface area contributed by atoms with Gasteiger partial charge in [-0.3, -0.25) is 9.59 Å². The highest BCUT2D eigenvalue weighted by Crippen LogP contribution is 2.20. The summed E-state index contributed by atoms with van der Waals surface area (Å²) in [7, 11) is 0. The number of rotatable bonds is 3. The van der Waals surface area contributed by atoms with Gasteiger partial charge in [-0.05, 0) is 24.1 Å². The average Bonchev–Trinajstić information content (AvgIpc) is 2.37. The van der Waals surface area contributed by atoms with Crippen molar-refractivity contribution in [1.29, 1.82) is 0 Å². The summed E-state index contributed by atoms with van der Waals surface area (Å²) in [6.45, 7) is 5.70. The number of aromatic amines is 1. The normalized spacial score (nSPS) is 10.9. The number of aromatic nitrogens is 1. The molecule has 19 heavy (non-hydrogen) atoms. The molecule has 4 nitrogen and oxygen atoms in total. The largest absolute Gasteiger partial charge is 0.326 e. The highest BCUT2D eigenvalue weighted by Gasteiger charge is 2.08. The maximum atomic E-state index is 11.7. The predicted molar refractivity (Wildman–Crippen MR) is 77.4 cm³/mol. The van der Waals surface area contributed by atoms with Crippen molar-refractivity contribution in [3.05, 3.63) is 40.2 Å². The molecule has 0 unspecified atom stereocenters. The third-order valence-corrected chi connectivity index (χ3v) is 3.10. The van der Waals surface area contributed by atoms with Crippen LogP contribution in [0.2, 0.25) is 0 Å². The molecule has 1 aromatic carbocycles. The number of carbonyl (C=O) groups excluding carboxylic acids is 1. The Kier molecular flexibility index (Phi) is 3.69. The van der Waals surface area contributed by atoms with Crippen molar-refractivity contribution in [2.24, 2.45) is 5.92 Å². The van der Waals surface area contributed by atoms with Crippen LogP contribution in [0, 0.1) is 5.92 Å². The van der Waals surface area contributed by atoms with Crippen LogP contribution in [0.15, 0.2) is 29.1 Å². The van der Waals surface area contributed by atoms with E-state index < -0.39 is 0 Å². The number of fused-ring (bicyclic) bond motifs is 1. The van der Waals surface area contributed by atoms with Gasteiger partial charge in [0.2, 0.25) is 11.5 Å². The molecule has 0 radical (unpaired) electrons. The van der Waals surface area contributed by atoms with Crippen LogP contribution in [0.25, 0.3) is 10.9 Å². The molecule has 0 aliphatic carbocycles. The Morgan fingerprint density at radius 2 is 2.05 bits per heavy atom. The van der Waals surface area contributed by atoms with Crippen molar-refractivity contribution in [3.63, 3.8) is 0 Å². The highest BCUT2D eigenvalue weighted by molar-refractivity contribution is 5.95. The standard InChI is InChI=1S/C15H18N2O2/c1-4-10-7-14(18)17-13-8-11(5-6-12(10)13)16-15(19)9(2)3/h5-9H,4H2,1-3H3,(H,16,19)(H,17,18). The number of benzene rings is 1. The lowest BCUT2D eigenvalue weighted by atomic mass is 10.1. The fourth-order valence-corrected chi connectivity index (χ4v) is 1.99. The minimum Gasteiger partial charge on any atom is -0.326 e. The Hall–Kier alpha value is -2.10. The van der Waals surface area contributed by atoms with Crippen molar-refractivity contribution in [2.45, 2.75) is 27.2 Å². The van der Waals surface area contributed by atoms with Gasteiger partial charge in [0.1, 0.15) is 0 Å². The van der Waals surface area contributed by atoms with Crippen LogP contribution in [0.5, 0.6) is 0 Å². The molecular weight excluding hydrogens is 240 g/mol. The molecule has 0 saturated heterocycles. The maximum absolute atomic E-state index is 11.7. The van der Waals surface area contributed by atoms with E-state index in [4.69, 9.17) is 0 Å². The first-order valence-electron chi connectivity index (χ1n) is 6.48. The SMILES string of the molecule is CCc1cc(=O)[nH]c2cc(NC(=O)C(C)C)ccc12. The molecule has 100 valence electrons. The molecular formula is C15H18N2O2. The third-order valence-electron chi connectivity index (χ3n) is 3.10. The maximum Gasteiger partial charge on any atom is 0.248 e. The number of hydrogen-bond acceptors (Lipinski definition) is 2. The minimum atomic E-state index is -0.114. The topological polar surface area (TPSA) is 62.0 Å².